The lowest BCUT2D eigenvalue weighted by Crippen LogP contribution is -2.29. The standard InChI is InChI=1S/C21H12N2O4/c24-18-10-9-14-8-7-13(12-17(14)19(18)22-27)4-3-11-23-20(25)15-5-1-2-6-16(15)21(23)26/h1-2,5-10,12,24H,11H2. The van der Waals surface area contributed by atoms with Gasteiger partial charge >= 0.3 is 0 Å². The molecule has 3 aromatic carbocycles. The largest absolute Gasteiger partial charge is 0.506 e. The lowest BCUT2D eigenvalue weighted by Gasteiger charge is -2.08. The van der Waals surface area contributed by atoms with Crippen LogP contribution in [-0.2, 0) is 0 Å². The molecule has 0 atom stereocenters. The van der Waals surface area contributed by atoms with Crippen LogP contribution in [0.4, 0.5) is 5.69 Å². The average Bonchev–Trinajstić information content (AvgIpc) is 2.93. The molecule has 27 heavy (non-hydrogen) atoms. The number of nitrogens with zero attached hydrogens (tertiary/aromatic N) is 2. The number of nitroso groups, excluding NO2 is 1. The van der Waals surface area contributed by atoms with E-state index in [1.54, 1.807) is 48.5 Å². The number of carbonyl (C=O) groups excluding carboxylic acids is 2. The van der Waals surface area contributed by atoms with Gasteiger partial charge in [0.2, 0.25) is 0 Å². The molecule has 3 aromatic rings. The molecule has 1 aliphatic rings. The minimum Gasteiger partial charge on any atom is -0.506 e. The van der Waals surface area contributed by atoms with Crippen LogP contribution in [0.25, 0.3) is 10.8 Å². The highest BCUT2D eigenvalue weighted by atomic mass is 16.3. The number of fused-ring (bicyclic) bond motifs is 2. The molecule has 4 rings (SSSR count). The van der Waals surface area contributed by atoms with E-state index in [4.69, 9.17) is 0 Å². The highest BCUT2D eigenvalue weighted by molar-refractivity contribution is 6.21. The van der Waals surface area contributed by atoms with E-state index < -0.39 is 0 Å². The van der Waals surface area contributed by atoms with Crippen molar-refractivity contribution in [1.82, 2.24) is 4.90 Å². The summed E-state index contributed by atoms with van der Waals surface area (Å²) in [5.41, 5.74) is 1.30. The summed E-state index contributed by atoms with van der Waals surface area (Å²) >= 11 is 0. The number of rotatable bonds is 2. The molecule has 1 N–H and O–H groups in total. The van der Waals surface area contributed by atoms with Gasteiger partial charge in [0.05, 0.1) is 17.7 Å². The molecule has 1 heterocycles. The van der Waals surface area contributed by atoms with E-state index in [-0.39, 0.29) is 29.8 Å². The maximum Gasteiger partial charge on any atom is 0.262 e. The smallest absolute Gasteiger partial charge is 0.262 e. The van der Waals surface area contributed by atoms with E-state index >= 15 is 0 Å². The highest BCUT2D eigenvalue weighted by Crippen LogP contribution is 2.35. The Morgan fingerprint density at radius 1 is 0.963 bits per heavy atom. The number of amides is 2. The second-order valence-electron chi connectivity index (χ2n) is 6.00. The normalized spacial score (nSPS) is 12.7. The van der Waals surface area contributed by atoms with E-state index in [1.165, 1.54) is 6.07 Å². The topological polar surface area (TPSA) is 87.0 Å². The number of aromatic hydroxyl groups is 1. The third-order valence-electron chi connectivity index (χ3n) is 4.41. The molecule has 0 unspecified atom stereocenters. The van der Waals surface area contributed by atoms with Gasteiger partial charge in [-0.05, 0) is 40.9 Å². The predicted octanol–water partition coefficient (Wildman–Crippen LogP) is 3.59. The molecule has 0 radical (unpaired) electrons. The lowest BCUT2D eigenvalue weighted by molar-refractivity contribution is 0.0675. The fourth-order valence-electron chi connectivity index (χ4n) is 3.07. The summed E-state index contributed by atoms with van der Waals surface area (Å²) in [6.07, 6.45) is 0. The molecule has 1 aliphatic heterocycles. The maximum atomic E-state index is 12.3. The van der Waals surface area contributed by atoms with Gasteiger partial charge in [0, 0.05) is 10.9 Å². The van der Waals surface area contributed by atoms with E-state index in [0.717, 1.165) is 10.3 Å². The number of hydrogen-bond acceptors (Lipinski definition) is 5. The van der Waals surface area contributed by atoms with Crippen molar-refractivity contribution in [2.24, 2.45) is 5.18 Å². The first-order valence-corrected chi connectivity index (χ1v) is 8.13. The van der Waals surface area contributed by atoms with Crippen LogP contribution < -0.4 is 0 Å². The summed E-state index contributed by atoms with van der Waals surface area (Å²) in [4.78, 5) is 36.7. The van der Waals surface area contributed by atoms with Crippen molar-refractivity contribution < 1.29 is 14.7 Å². The molecule has 0 aliphatic carbocycles. The van der Waals surface area contributed by atoms with Crippen LogP contribution in [0.3, 0.4) is 0 Å². The monoisotopic (exact) mass is 356 g/mol. The molecule has 6 nitrogen and oxygen atoms in total. The summed E-state index contributed by atoms with van der Waals surface area (Å²) in [5.74, 6) is 4.78. The van der Waals surface area contributed by atoms with Gasteiger partial charge in [-0.2, -0.15) is 0 Å². The zero-order chi connectivity index (χ0) is 19.0. The molecule has 0 saturated carbocycles. The van der Waals surface area contributed by atoms with Gasteiger partial charge < -0.3 is 5.11 Å². The van der Waals surface area contributed by atoms with Gasteiger partial charge in [-0.25, -0.2) is 0 Å². The van der Waals surface area contributed by atoms with Crippen LogP contribution in [0, 0.1) is 16.7 Å². The quantitative estimate of drug-likeness (QED) is 0.432. The Morgan fingerprint density at radius 3 is 2.30 bits per heavy atom. The molecule has 6 heteroatoms. The summed E-state index contributed by atoms with van der Waals surface area (Å²) in [7, 11) is 0. The summed E-state index contributed by atoms with van der Waals surface area (Å²) < 4.78 is 0. The second kappa shape index (κ2) is 6.39. The number of benzene rings is 3. The first-order chi connectivity index (χ1) is 13.1. The molecule has 0 bridgehead atoms. The Balaban J connectivity index is 1.62. The maximum absolute atomic E-state index is 12.3. The van der Waals surface area contributed by atoms with Gasteiger partial charge in [-0.15, -0.1) is 4.91 Å². The van der Waals surface area contributed by atoms with Gasteiger partial charge in [0.15, 0.2) is 5.69 Å². The van der Waals surface area contributed by atoms with Crippen LogP contribution in [0.5, 0.6) is 5.75 Å². The van der Waals surface area contributed by atoms with Gasteiger partial charge in [-0.1, -0.05) is 36.1 Å². The van der Waals surface area contributed by atoms with Crippen molar-refractivity contribution >= 4 is 28.3 Å². The number of phenols is 1. The Labute approximate surface area is 154 Å². The summed E-state index contributed by atoms with van der Waals surface area (Å²) in [6.45, 7) is -0.0385. The molecule has 130 valence electrons. The molecule has 0 saturated heterocycles. The minimum absolute atomic E-state index is 0.0385. The van der Waals surface area contributed by atoms with Crippen molar-refractivity contribution in [2.75, 3.05) is 6.54 Å². The Morgan fingerprint density at radius 2 is 1.63 bits per heavy atom. The SMILES string of the molecule is O=Nc1c(O)ccc2ccc(C#CCN3C(=O)c4ccccc4C3=O)cc12. The van der Waals surface area contributed by atoms with Crippen LogP contribution in [-0.4, -0.2) is 28.4 Å². The van der Waals surface area contributed by atoms with Crippen LogP contribution in [0.15, 0.2) is 59.8 Å². The van der Waals surface area contributed by atoms with Crippen LogP contribution >= 0.6 is 0 Å². The molecular weight excluding hydrogens is 344 g/mol. The lowest BCUT2D eigenvalue weighted by atomic mass is 10.0. The number of carbonyl (C=O) groups is 2. The molecular formula is C21H12N2O4. The van der Waals surface area contributed by atoms with Crippen LogP contribution in [0.2, 0.25) is 0 Å². The second-order valence-corrected chi connectivity index (χ2v) is 6.00. The fraction of sp³-hybridized carbons (Fsp3) is 0.0476. The average molecular weight is 356 g/mol. The first kappa shape index (κ1) is 16.5. The highest BCUT2D eigenvalue weighted by Gasteiger charge is 2.34. The van der Waals surface area contributed by atoms with Crippen molar-refractivity contribution in [1.29, 1.82) is 0 Å². The fourth-order valence-corrected chi connectivity index (χ4v) is 3.07. The first-order valence-electron chi connectivity index (χ1n) is 8.13. The van der Waals surface area contributed by atoms with E-state index in [2.05, 4.69) is 17.0 Å². The van der Waals surface area contributed by atoms with Crippen molar-refractivity contribution in [3.8, 4) is 17.6 Å². The van der Waals surface area contributed by atoms with Crippen LogP contribution in [0.1, 0.15) is 26.3 Å². The Bertz CT molecular complexity index is 1150. The Hall–Kier alpha value is -3.98. The molecule has 2 amide bonds. The van der Waals surface area contributed by atoms with Crippen molar-refractivity contribution in [3.05, 3.63) is 76.2 Å². The third kappa shape index (κ3) is 2.71. The number of imide groups is 1. The van der Waals surface area contributed by atoms with Crippen molar-refractivity contribution in [2.45, 2.75) is 0 Å². The minimum atomic E-state index is -0.360. The Kier molecular flexibility index (Phi) is 3.90. The molecule has 0 fully saturated rings. The summed E-state index contributed by atoms with van der Waals surface area (Å²) in [6, 6.07) is 14.9. The molecule has 0 spiro atoms. The van der Waals surface area contributed by atoms with E-state index in [1.807, 2.05) is 0 Å². The zero-order valence-electron chi connectivity index (χ0n) is 14.0. The predicted molar refractivity (Wildman–Crippen MR) is 99.8 cm³/mol. The molecule has 0 aromatic heterocycles. The zero-order valence-corrected chi connectivity index (χ0v) is 14.0. The number of hydrogen-bond donors (Lipinski definition) is 1. The van der Waals surface area contributed by atoms with Gasteiger partial charge in [-0.3, -0.25) is 14.5 Å². The van der Waals surface area contributed by atoms with E-state index in [0.29, 0.717) is 22.1 Å². The van der Waals surface area contributed by atoms with E-state index in [9.17, 15) is 19.6 Å². The van der Waals surface area contributed by atoms with Crippen molar-refractivity contribution in [3.63, 3.8) is 0 Å². The van der Waals surface area contributed by atoms with Gasteiger partial charge in [0.1, 0.15) is 5.75 Å². The summed E-state index contributed by atoms with van der Waals surface area (Å²) in [5, 5.41) is 13.9. The number of phenolic OH excluding ortho intramolecular Hbond substituents is 1. The van der Waals surface area contributed by atoms with Gasteiger partial charge in [0.25, 0.3) is 11.8 Å². The third-order valence-corrected chi connectivity index (χ3v) is 4.41.